The van der Waals surface area contributed by atoms with Gasteiger partial charge in [-0.1, -0.05) is 0 Å². The van der Waals surface area contributed by atoms with E-state index in [1.54, 1.807) is 6.33 Å². The molecule has 62 valence electrons. The standard InChI is InChI=1S/C7H14N4/c1-11-5-7(10-6-11)9-4-2-3-8/h5-6,9H,2-4,8H2,1H3. The van der Waals surface area contributed by atoms with Crippen LogP contribution >= 0.6 is 0 Å². The molecule has 0 radical (unpaired) electrons. The average molecular weight is 154 g/mol. The van der Waals surface area contributed by atoms with Gasteiger partial charge in [-0.05, 0) is 13.0 Å². The van der Waals surface area contributed by atoms with E-state index < -0.39 is 0 Å². The van der Waals surface area contributed by atoms with Gasteiger partial charge in [0.2, 0.25) is 0 Å². The number of nitrogens with zero attached hydrogens (tertiary/aromatic N) is 2. The van der Waals surface area contributed by atoms with E-state index in [2.05, 4.69) is 10.3 Å². The SMILES string of the molecule is Cn1cnc(NCCCN)c1. The van der Waals surface area contributed by atoms with E-state index in [-0.39, 0.29) is 0 Å². The fourth-order valence-electron chi connectivity index (χ4n) is 0.823. The zero-order chi connectivity index (χ0) is 8.10. The summed E-state index contributed by atoms with van der Waals surface area (Å²) in [5.41, 5.74) is 5.33. The number of aromatic nitrogens is 2. The molecule has 0 atom stereocenters. The van der Waals surface area contributed by atoms with Crippen molar-refractivity contribution in [1.82, 2.24) is 9.55 Å². The van der Waals surface area contributed by atoms with Gasteiger partial charge in [0.25, 0.3) is 0 Å². The van der Waals surface area contributed by atoms with Crippen molar-refractivity contribution in [2.24, 2.45) is 12.8 Å². The summed E-state index contributed by atoms with van der Waals surface area (Å²) < 4.78 is 1.91. The molecule has 1 aromatic heterocycles. The summed E-state index contributed by atoms with van der Waals surface area (Å²) in [6.45, 7) is 1.62. The molecule has 0 fully saturated rings. The third-order valence-electron chi connectivity index (χ3n) is 1.39. The van der Waals surface area contributed by atoms with Crippen LogP contribution in [-0.2, 0) is 7.05 Å². The fraction of sp³-hybridized carbons (Fsp3) is 0.571. The summed E-state index contributed by atoms with van der Waals surface area (Å²) in [5, 5.41) is 3.15. The van der Waals surface area contributed by atoms with Crippen LogP contribution in [0.2, 0.25) is 0 Å². The largest absolute Gasteiger partial charge is 0.369 e. The van der Waals surface area contributed by atoms with Gasteiger partial charge < -0.3 is 15.6 Å². The van der Waals surface area contributed by atoms with E-state index in [1.807, 2.05) is 17.8 Å². The van der Waals surface area contributed by atoms with Crippen molar-refractivity contribution < 1.29 is 0 Å². The van der Waals surface area contributed by atoms with Gasteiger partial charge in [-0.25, -0.2) is 4.98 Å². The highest BCUT2D eigenvalue weighted by Gasteiger charge is 1.92. The van der Waals surface area contributed by atoms with Crippen molar-refractivity contribution in [2.75, 3.05) is 18.4 Å². The Kier molecular flexibility index (Phi) is 2.92. The third kappa shape index (κ3) is 2.59. The monoisotopic (exact) mass is 154 g/mol. The van der Waals surface area contributed by atoms with Crippen LogP contribution in [-0.4, -0.2) is 22.6 Å². The summed E-state index contributed by atoms with van der Waals surface area (Å²) in [4.78, 5) is 4.10. The molecule has 1 aromatic rings. The number of nitrogens with two attached hydrogens (primary N) is 1. The van der Waals surface area contributed by atoms with Crippen molar-refractivity contribution in [1.29, 1.82) is 0 Å². The maximum atomic E-state index is 5.33. The van der Waals surface area contributed by atoms with Gasteiger partial charge >= 0.3 is 0 Å². The highest BCUT2D eigenvalue weighted by Crippen LogP contribution is 1.99. The topological polar surface area (TPSA) is 55.9 Å². The van der Waals surface area contributed by atoms with Crippen LogP contribution in [0, 0.1) is 0 Å². The molecule has 0 unspecified atom stereocenters. The van der Waals surface area contributed by atoms with Crippen molar-refractivity contribution >= 4 is 5.82 Å². The summed E-state index contributed by atoms with van der Waals surface area (Å²) in [5.74, 6) is 0.918. The predicted molar refractivity (Wildman–Crippen MR) is 45.4 cm³/mol. The van der Waals surface area contributed by atoms with E-state index in [1.165, 1.54) is 0 Å². The minimum absolute atomic E-state index is 0.722. The Morgan fingerprint density at radius 2 is 2.55 bits per heavy atom. The Bertz CT molecular complexity index is 206. The first-order chi connectivity index (χ1) is 5.33. The maximum Gasteiger partial charge on any atom is 0.144 e. The molecule has 0 bridgehead atoms. The molecule has 0 aliphatic rings. The zero-order valence-corrected chi connectivity index (χ0v) is 6.75. The van der Waals surface area contributed by atoms with E-state index in [4.69, 9.17) is 5.73 Å². The quantitative estimate of drug-likeness (QED) is 0.608. The molecule has 1 heterocycles. The summed E-state index contributed by atoms with van der Waals surface area (Å²) in [6, 6.07) is 0. The van der Waals surface area contributed by atoms with E-state index in [0.717, 1.165) is 25.3 Å². The van der Waals surface area contributed by atoms with Gasteiger partial charge in [0.1, 0.15) is 5.82 Å². The molecule has 3 N–H and O–H groups in total. The van der Waals surface area contributed by atoms with Gasteiger partial charge in [0, 0.05) is 19.8 Å². The van der Waals surface area contributed by atoms with Crippen LogP contribution in [0.3, 0.4) is 0 Å². The zero-order valence-electron chi connectivity index (χ0n) is 6.75. The Hall–Kier alpha value is -1.03. The van der Waals surface area contributed by atoms with Gasteiger partial charge in [-0.3, -0.25) is 0 Å². The first-order valence-corrected chi connectivity index (χ1v) is 3.75. The molecule has 0 saturated heterocycles. The Morgan fingerprint density at radius 3 is 3.09 bits per heavy atom. The highest BCUT2D eigenvalue weighted by molar-refractivity contribution is 5.30. The lowest BCUT2D eigenvalue weighted by atomic mass is 10.4. The van der Waals surface area contributed by atoms with Crippen LogP contribution in [0.5, 0.6) is 0 Å². The molecule has 0 spiro atoms. The normalized spacial score (nSPS) is 10.0. The lowest BCUT2D eigenvalue weighted by molar-refractivity contribution is 0.871. The fourth-order valence-corrected chi connectivity index (χ4v) is 0.823. The minimum atomic E-state index is 0.722. The number of hydrogen-bond acceptors (Lipinski definition) is 3. The van der Waals surface area contributed by atoms with Crippen LogP contribution < -0.4 is 11.1 Å². The van der Waals surface area contributed by atoms with E-state index in [0.29, 0.717) is 0 Å². The van der Waals surface area contributed by atoms with E-state index in [9.17, 15) is 0 Å². The molecular formula is C7H14N4. The van der Waals surface area contributed by atoms with Gasteiger partial charge in [-0.15, -0.1) is 0 Å². The van der Waals surface area contributed by atoms with Crippen LogP contribution in [0.15, 0.2) is 12.5 Å². The summed E-state index contributed by atoms with van der Waals surface area (Å²) >= 11 is 0. The van der Waals surface area contributed by atoms with Gasteiger partial charge in [0.05, 0.1) is 6.33 Å². The number of imidazole rings is 1. The molecular weight excluding hydrogens is 140 g/mol. The molecule has 0 amide bonds. The molecule has 11 heavy (non-hydrogen) atoms. The van der Waals surface area contributed by atoms with Crippen molar-refractivity contribution in [3.05, 3.63) is 12.5 Å². The molecule has 1 rings (SSSR count). The number of rotatable bonds is 4. The highest BCUT2D eigenvalue weighted by atomic mass is 15.1. The van der Waals surface area contributed by atoms with Crippen molar-refractivity contribution in [3.63, 3.8) is 0 Å². The second-order valence-corrected chi connectivity index (χ2v) is 2.49. The molecule has 0 aliphatic carbocycles. The number of anilines is 1. The van der Waals surface area contributed by atoms with E-state index >= 15 is 0 Å². The molecule has 4 nitrogen and oxygen atoms in total. The molecule has 0 saturated carbocycles. The van der Waals surface area contributed by atoms with Gasteiger partial charge in [-0.2, -0.15) is 0 Å². The van der Waals surface area contributed by atoms with Crippen LogP contribution in [0.1, 0.15) is 6.42 Å². The number of aryl methyl sites for hydroxylation is 1. The van der Waals surface area contributed by atoms with Crippen LogP contribution in [0.4, 0.5) is 5.82 Å². The molecule has 0 aromatic carbocycles. The first-order valence-electron chi connectivity index (χ1n) is 3.75. The number of nitrogens with one attached hydrogen (secondary N) is 1. The van der Waals surface area contributed by atoms with Gasteiger partial charge in [0.15, 0.2) is 0 Å². The van der Waals surface area contributed by atoms with Crippen molar-refractivity contribution in [2.45, 2.75) is 6.42 Å². The maximum absolute atomic E-state index is 5.33. The lowest BCUT2D eigenvalue weighted by Crippen LogP contribution is -2.08. The van der Waals surface area contributed by atoms with Crippen LogP contribution in [0.25, 0.3) is 0 Å². The molecule has 4 heteroatoms. The Morgan fingerprint density at radius 1 is 1.73 bits per heavy atom. The second-order valence-electron chi connectivity index (χ2n) is 2.49. The first kappa shape index (κ1) is 8.07. The predicted octanol–water partition coefficient (Wildman–Crippen LogP) is 0.181. The Balaban J connectivity index is 2.27. The smallest absolute Gasteiger partial charge is 0.144 e. The molecule has 0 aliphatic heterocycles. The second kappa shape index (κ2) is 3.98. The third-order valence-corrected chi connectivity index (χ3v) is 1.39. The summed E-state index contributed by atoms with van der Waals surface area (Å²) in [7, 11) is 1.95. The Labute approximate surface area is 66.4 Å². The lowest BCUT2D eigenvalue weighted by Gasteiger charge is -1.98. The van der Waals surface area contributed by atoms with Crippen molar-refractivity contribution in [3.8, 4) is 0 Å². The summed E-state index contributed by atoms with van der Waals surface area (Å²) in [6.07, 6.45) is 4.69. The average Bonchev–Trinajstić information content (AvgIpc) is 2.37. The number of hydrogen-bond donors (Lipinski definition) is 2. The minimum Gasteiger partial charge on any atom is -0.369 e.